The molecule has 6 atom stereocenters. The first-order valence-electron chi connectivity index (χ1n) is 11.1. The number of hydrogen-bond donors (Lipinski definition) is 2. The molecule has 2 N–H and O–H groups in total. The molecule has 14 heteroatoms. The minimum atomic E-state index is -3.24. The van der Waals surface area contributed by atoms with E-state index < -0.39 is 68.3 Å². The molecule has 1 fully saturated rings. The van der Waals surface area contributed by atoms with Crippen LogP contribution in [0.25, 0.3) is 0 Å². The lowest BCUT2D eigenvalue weighted by Gasteiger charge is -2.28. The van der Waals surface area contributed by atoms with Gasteiger partial charge >= 0.3 is 19.8 Å². The maximum absolute atomic E-state index is 15.4. The fourth-order valence-electron chi connectivity index (χ4n) is 3.50. The van der Waals surface area contributed by atoms with Gasteiger partial charge < -0.3 is 19.1 Å². The van der Waals surface area contributed by atoms with E-state index in [0.717, 1.165) is 28.6 Å². The smallest absolute Gasteiger partial charge is 0.331 e. The third-order valence-electron chi connectivity index (χ3n) is 5.37. The molecule has 0 saturated carbocycles. The Bertz CT molecular complexity index is 1190. The van der Waals surface area contributed by atoms with Gasteiger partial charge in [0, 0.05) is 12.3 Å². The van der Waals surface area contributed by atoms with Crippen molar-refractivity contribution in [2.45, 2.75) is 63.9 Å². The summed E-state index contributed by atoms with van der Waals surface area (Å²) in [5.74, 6) is -0.494. The highest BCUT2D eigenvalue weighted by atomic mass is 31.1. The molecule has 3 rings (SSSR count). The van der Waals surface area contributed by atoms with Crippen molar-refractivity contribution >= 4 is 14.1 Å². The van der Waals surface area contributed by atoms with Crippen molar-refractivity contribution in [3.8, 4) is 5.75 Å². The summed E-state index contributed by atoms with van der Waals surface area (Å²) in [4.78, 5) is 44.3. The quantitative estimate of drug-likeness (QED) is 0.264. The van der Waals surface area contributed by atoms with Gasteiger partial charge in [0.15, 0.2) is 11.9 Å². The monoisotopic (exact) mass is 529 g/mol. The molecule has 198 valence electrons. The number of carbonyl (C=O) groups excluding carboxylic acids is 1. The molecule has 1 aliphatic heterocycles. The topological polar surface area (TPSA) is 149 Å². The van der Waals surface area contributed by atoms with Crippen molar-refractivity contribution in [3.05, 3.63) is 63.4 Å². The lowest BCUT2D eigenvalue weighted by atomic mass is 9.98. The van der Waals surface area contributed by atoms with E-state index in [9.17, 15) is 24.1 Å². The molecule has 2 aromatic rings. The van der Waals surface area contributed by atoms with E-state index in [1.165, 1.54) is 6.92 Å². The number of aromatic nitrogens is 2. The average molecular weight is 529 g/mol. The molecule has 0 bridgehead atoms. The van der Waals surface area contributed by atoms with Gasteiger partial charge in [0.2, 0.25) is 0 Å². The van der Waals surface area contributed by atoms with E-state index in [1.54, 1.807) is 44.2 Å². The van der Waals surface area contributed by atoms with Crippen LogP contribution in [0.2, 0.25) is 0 Å². The fourth-order valence-corrected chi connectivity index (χ4v) is 4.53. The highest BCUT2D eigenvalue weighted by Crippen LogP contribution is 2.41. The second-order valence-corrected chi connectivity index (χ2v) is 9.78. The van der Waals surface area contributed by atoms with Gasteiger partial charge in [-0.1, -0.05) is 23.0 Å². The van der Waals surface area contributed by atoms with Crippen LogP contribution in [-0.2, 0) is 23.7 Å². The zero-order valence-corrected chi connectivity index (χ0v) is 21.1. The van der Waals surface area contributed by atoms with E-state index in [0.29, 0.717) is 0 Å². The molecule has 2 heterocycles. The molecule has 36 heavy (non-hydrogen) atoms. The molecule has 1 aromatic heterocycles. The number of rotatable bonds is 10. The van der Waals surface area contributed by atoms with Crippen molar-refractivity contribution in [1.82, 2.24) is 14.4 Å². The van der Waals surface area contributed by atoms with E-state index in [1.807, 2.05) is 4.98 Å². The molecular weight excluding hydrogens is 500 g/mol. The fraction of sp³-hybridized carbons (Fsp3) is 0.500. The lowest BCUT2D eigenvalue weighted by molar-refractivity contribution is -0.183. The Kier molecular flexibility index (Phi) is 8.85. The maximum Gasteiger partial charge on any atom is 0.331 e. The number of halogens is 1. The molecule has 1 aliphatic rings. The second kappa shape index (κ2) is 11.5. The van der Waals surface area contributed by atoms with E-state index in [2.05, 4.69) is 0 Å². The average Bonchev–Trinajstić information content (AvgIpc) is 3.03. The van der Waals surface area contributed by atoms with Gasteiger partial charge in [-0.25, -0.2) is 9.18 Å². The highest BCUT2D eigenvalue weighted by molar-refractivity contribution is 7.36. The molecule has 0 amide bonds. The molecule has 12 nitrogen and oxygen atoms in total. The minimum Gasteiger partial charge on any atom is -0.462 e. The number of aliphatic hydroxyl groups excluding tert-OH is 1. The van der Waals surface area contributed by atoms with Crippen LogP contribution in [0.15, 0.2) is 52.2 Å². The van der Waals surface area contributed by atoms with Crippen LogP contribution < -0.4 is 15.8 Å². The van der Waals surface area contributed by atoms with Crippen molar-refractivity contribution in [2.75, 3.05) is 6.61 Å². The van der Waals surface area contributed by atoms with Crippen LogP contribution in [-0.4, -0.2) is 62.1 Å². The predicted octanol–water partition coefficient (Wildman–Crippen LogP) is 1.57. The Hall–Kier alpha value is -2.83. The zero-order valence-electron chi connectivity index (χ0n) is 20.1. The summed E-state index contributed by atoms with van der Waals surface area (Å²) < 4.78 is 45.4. The second-order valence-electron chi connectivity index (χ2n) is 8.60. The lowest BCUT2D eigenvalue weighted by Crippen LogP contribution is -2.44. The number of esters is 1. The molecule has 0 radical (unpaired) electrons. The molecule has 2 unspecified atom stereocenters. The number of hydrogen-bond acceptors (Lipinski definition) is 9. The summed E-state index contributed by atoms with van der Waals surface area (Å²) in [6.07, 6.45) is -4.13. The summed E-state index contributed by atoms with van der Waals surface area (Å²) in [5.41, 5.74) is -4.08. The normalized spacial score (nSPS) is 25.6. The molecule has 0 aliphatic carbocycles. The van der Waals surface area contributed by atoms with Crippen LogP contribution in [0.1, 0.15) is 33.9 Å². The van der Waals surface area contributed by atoms with Crippen molar-refractivity contribution in [1.29, 1.82) is 0 Å². The largest absolute Gasteiger partial charge is 0.462 e. The number of nitrogens with one attached hydrogen (secondary N) is 1. The summed E-state index contributed by atoms with van der Waals surface area (Å²) in [6.45, 7) is 5.15. The van der Waals surface area contributed by atoms with E-state index >= 15 is 4.39 Å². The Balaban J connectivity index is 1.79. The van der Waals surface area contributed by atoms with Gasteiger partial charge in [-0.3, -0.25) is 28.5 Å². The molecular formula is C22H29FN3O9P. The Morgan fingerprint density at radius 2 is 1.94 bits per heavy atom. The Labute approximate surface area is 206 Å². The van der Waals surface area contributed by atoms with Gasteiger partial charge in [-0.05, 0) is 39.8 Å². The summed E-state index contributed by atoms with van der Waals surface area (Å²) >= 11 is 0. The van der Waals surface area contributed by atoms with Gasteiger partial charge in [0.1, 0.15) is 24.0 Å². The first kappa shape index (κ1) is 27.8. The van der Waals surface area contributed by atoms with Crippen LogP contribution in [0.5, 0.6) is 5.75 Å². The van der Waals surface area contributed by atoms with Gasteiger partial charge in [0.05, 0.1) is 12.7 Å². The van der Waals surface area contributed by atoms with Gasteiger partial charge in [-0.15, -0.1) is 0 Å². The van der Waals surface area contributed by atoms with Gasteiger partial charge in [-0.2, -0.15) is 0 Å². The maximum atomic E-state index is 15.4. The van der Waals surface area contributed by atoms with E-state index in [4.69, 9.17) is 18.8 Å². The summed E-state index contributed by atoms with van der Waals surface area (Å²) in [7, 11) is -3.24. The number of H-pyrrole nitrogens is 1. The zero-order chi connectivity index (χ0) is 26.6. The number of aromatic amines is 1. The Morgan fingerprint density at radius 3 is 2.56 bits per heavy atom. The first-order valence-corrected chi connectivity index (χ1v) is 12.4. The van der Waals surface area contributed by atoms with Crippen LogP contribution in [0.3, 0.4) is 0 Å². The van der Waals surface area contributed by atoms with Gasteiger partial charge in [0.25, 0.3) is 5.56 Å². The predicted molar refractivity (Wildman–Crippen MR) is 125 cm³/mol. The van der Waals surface area contributed by atoms with Crippen molar-refractivity contribution in [3.63, 3.8) is 0 Å². The number of benzene rings is 1. The SMILES string of the molecule is CC(C)OC(=O)C(C)N(OC[C@H]1O[C@@H](n2ccc(=O)[nH]c2=O)[C@](C)(F)[C@@H]1O)[PH](=O)Oc1ccccc1. The summed E-state index contributed by atoms with van der Waals surface area (Å²) in [6, 6.07) is 7.98. The number of aliphatic hydroxyl groups is 1. The molecule has 0 spiro atoms. The number of carbonyl (C=O) groups is 1. The number of nitrogens with zero attached hydrogens (tertiary/aromatic N) is 2. The van der Waals surface area contributed by atoms with Crippen LogP contribution >= 0.6 is 8.18 Å². The molecule has 1 aromatic carbocycles. The van der Waals surface area contributed by atoms with Crippen molar-refractivity contribution < 1.29 is 37.7 Å². The van der Waals surface area contributed by atoms with Crippen LogP contribution in [0, 0.1) is 0 Å². The first-order chi connectivity index (χ1) is 16.9. The third-order valence-corrected chi connectivity index (χ3v) is 6.66. The van der Waals surface area contributed by atoms with Crippen molar-refractivity contribution in [2.24, 2.45) is 0 Å². The molecule has 1 saturated heterocycles. The third kappa shape index (κ3) is 6.29. The van der Waals surface area contributed by atoms with E-state index in [-0.39, 0.29) is 5.75 Å². The standard InChI is InChI=1S/C22H29FN3O9P/c1-13(2)33-19(29)14(3)26(36(31)35-15-8-6-5-7-9-15)32-12-16-18(28)22(4,23)20(34-16)25-11-10-17(27)24-21(25)30/h5-11,13-14,16,18,20,28,36H,12H2,1-4H3,(H,24,27,30)/t14?,16-,18-,20-,22-/m1/s1. The minimum absolute atomic E-state index is 0.255. The highest BCUT2D eigenvalue weighted by Gasteiger charge is 2.55. The number of ether oxygens (including phenoxy) is 2. The van der Waals surface area contributed by atoms with Crippen LogP contribution in [0.4, 0.5) is 4.39 Å². The Morgan fingerprint density at radius 1 is 1.28 bits per heavy atom. The number of alkyl halides is 1. The number of hydroxylamine groups is 1. The number of para-hydroxylation sites is 1. The summed E-state index contributed by atoms with van der Waals surface area (Å²) in [5, 5.41) is 10.6.